The third-order valence-corrected chi connectivity index (χ3v) is 4.65. The fourth-order valence-corrected chi connectivity index (χ4v) is 3.40. The van der Waals surface area contributed by atoms with Crippen LogP contribution in [-0.2, 0) is 6.42 Å². The average Bonchev–Trinajstić information content (AvgIpc) is 2.92. The van der Waals surface area contributed by atoms with E-state index in [4.69, 9.17) is 0 Å². The molecule has 1 heterocycles. The lowest BCUT2D eigenvalue weighted by Gasteiger charge is -2.24. The Kier molecular flexibility index (Phi) is 5.74. The summed E-state index contributed by atoms with van der Waals surface area (Å²) >= 11 is 1.39. The summed E-state index contributed by atoms with van der Waals surface area (Å²) in [6.45, 7) is 6.42. The molecule has 1 amide bonds. The van der Waals surface area contributed by atoms with E-state index in [0.717, 1.165) is 10.7 Å². The summed E-state index contributed by atoms with van der Waals surface area (Å²) in [6.07, 6.45) is -0.136. The minimum Gasteiger partial charge on any atom is -0.508 e. The highest BCUT2D eigenvalue weighted by atomic mass is 32.1. The van der Waals surface area contributed by atoms with Crippen molar-refractivity contribution in [2.75, 3.05) is 13.1 Å². The second-order valence-corrected chi connectivity index (χ2v) is 6.52. The molecule has 0 saturated heterocycles. The maximum atomic E-state index is 12.7. The number of aliphatic hydroxyl groups excluding tert-OH is 1. The predicted molar refractivity (Wildman–Crippen MR) is 90.9 cm³/mol. The second kappa shape index (κ2) is 7.57. The molecule has 1 atom stereocenters. The number of hydrogen-bond acceptors (Lipinski definition) is 5. The number of thiazole rings is 1. The molecule has 0 unspecified atom stereocenters. The van der Waals surface area contributed by atoms with Gasteiger partial charge < -0.3 is 15.1 Å². The molecule has 0 radical (unpaired) electrons. The molecule has 0 spiro atoms. The van der Waals surface area contributed by atoms with Crippen molar-refractivity contribution in [3.63, 3.8) is 0 Å². The number of likely N-dealkylation sites (N-methyl/N-ethyl adjacent to an activating group) is 1. The Morgan fingerprint density at radius 3 is 2.74 bits per heavy atom. The number of aromatic hydroxyl groups is 1. The molecular weight excluding hydrogens is 312 g/mol. The zero-order chi connectivity index (χ0) is 17.0. The van der Waals surface area contributed by atoms with E-state index in [-0.39, 0.29) is 18.2 Å². The molecule has 6 heteroatoms. The van der Waals surface area contributed by atoms with Gasteiger partial charge in [-0.25, -0.2) is 4.98 Å². The number of benzene rings is 1. The first-order chi connectivity index (χ1) is 11.0. The Bertz CT molecular complexity index is 684. The van der Waals surface area contributed by atoms with Crippen LogP contribution in [0.1, 0.15) is 45.9 Å². The van der Waals surface area contributed by atoms with Crippen LogP contribution >= 0.6 is 11.3 Å². The van der Waals surface area contributed by atoms with Crippen LogP contribution < -0.4 is 0 Å². The van der Waals surface area contributed by atoms with Gasteiger partial charge >= 0.3 is 0 Å². The smallest absolute Gasteiger partial charge is 0.265 e. The minimum atomic E-state index is -0.843. The van der Waals surface area contributed by atoms with Crippen molar-refractivity contribution in [3.8, 4) is 5.75 Å². The number of rotatable bonds is 6. The molecule has 5 nitrogen and oxygen atoms in total. The van der Waals surface area contributed by atoms with Crippen molar-refractivity contribution < 1.29 is 15.0 Å². The van der Waals surface area contributed by atoms with Crippen molar-refractivity contribution in [2.24, 2.45) is 0 Å². The Hall–Kier alpha value is -1.92. The number of hydrogen-bond donors (Lipinski definition) is 2. The van der Waals surface area contributed by atoms with Crippen LogP contribution in [-0.4, -0.2) is 39.1 Å². The van der Waals surface area contributed by atoms with E-state index < -0.39 is 6.10 Å². The van der Waals surface area contributed by atoms with E-state index in [9.17, 15) is 15.0 Å². The minimum absolute atomic E-state index is 0.0993. The van der Waals surface area contributed by atoms with E-state index in [1.54, 1.807) is 23.1 Å². The highest BCUT2D eigenvalue weighted by molar-refractivity contribution is 7.13. The fraction of sp³-hybridized carbons (Fsp3) is 0.412. The molecule has 124 valence electrons. The van der Waals surface area contributed by atoms with Gasteiger partial charge in [0, 0.05) is 6.54 Å². The van der Waals surface area contributed by atoms with Gasteiger partial charge in [0.25, 0.3) is 5.91 Å². The summed E-state index contributed by atoms with van der Waals surface area (Å²) in [7, 11) is 0. The molecule has 23 heavy (non-hydrogen) atoms. The van der Waals surface area contributed by atoms with E-state index in [0.29, 0.717) is 23.4 Å². The van der Waals surface area contributed by atoms with Crippen molar-refractivity contribution in [3.05, 3.63) is 45.4 Å². The van der Waals surface area contributed by atoms with Gasteiger partial charge in [0.1, 0.15) is 10.6 Å². The molecule has 0 saturated carbocycles. The first-order valence-corrected chi connectivity index (χ1v) is 8.50. The molecule has 2 N–H and O–H groups in total. The van der Waals surface area contributed by atoms with Crippen molar-refractivity contribution in [2.45, 2.75) is 33.3 Å². The van der Waals surface area contributed by atoms with Crippen LogP contribution in [0.4, 0.5) is 0 Å². The molecule has 0 aliphatic rings. The third kappa shape index (κ3) is 4.09. The van der Waals surface area contributed by atoms with Crippen LogP contribution in [0.15, 0.2) is 24.3 Å². The number of phenols is 1. The van der Waals surface area contributed by atoms with Gasteiger partial charge in [-0.3, -0.25) is 4.79 Å². The molecule has 0 aliphatic carbocycles. The summed E-state index contributed by atoms with van der Waals surface area (Å²) in [6, 6.07) is 6.47. The lowest BCUT2D eigenvalue weighted by Crippen LogP contribution is -2.34. The third-order valence-electron chi connectivity index (χ3n) is 3.65. The van der Waals surface area contributed by atoms with Crippen LogP contribution in [0, 0.1) is 6.92 Å². The molecule has 1 aromatic heterocycles. The van der Waals surface area contributed by atoms with Crippen molar-refractivity contribution >= 4 is 17.2 Å². The number of amides is 1. The summed E-state index contributed by atoms with van der Waals surface area (Å²) in [5.74, 6) is -0.00331. The van der Waals surface area contributed by atoms with Crippen LogP contribution in [0.25, 0.3) is 0 Å². The molecule has 0 fully saturated rings. The number of nitrogens with zero attached hydrogens (tertiary/aromatic N) is 2. The number of carbonyl (C=O) groups is 1. The monoisotopic (exact) mass is 334 g/mol. The van der Waals surface area contributed by atoms with Crippen molar-refractivity contribution in [1.29, 1.82) is 0 Å². The van der Waals surface area contributed by atoms with Gasteiger partial charge in [-0.2, -0.15) is 0 Å². The first kappa shape index (κ1) is 17.4. The second-order valence-electron chi connectivity index (χ2n) is 5.32. The lowest BCUT2D eigenvalue weighted by atomic mass is 10.1. The summed E-state index contributed by atoms with van der Waals surface area (Å²) in [5, 5.41) is 20.7. The Morgan fingerprint density at radius 1 is 1.39 bits per heavy atom. The van der Waals surface area contributed by atoms with Gasteiger partial charge in [0.05, 0.1) is 23.4 Å². The van der Waals surface area contributed by atoms with Gasteiger partial charge in [0.15, 0.2) is 0 Å². The van der Waals surface area contributed by atoms with E-state index >= 15 is 0 Å². The maximum absolute atomic E-state index is 12.7. The number of aryl methyl sites for hydroxylation is 2. The molecule has 0 aliphatic heterocycles. The highest BCUT2D eigenvalue weighted by Gasteiger charge is 2.23. The Labute approximate surface area is 140 Å². The number of phenolic OH excluding ortho intramolecular Hbond substituents is 1. The quantitative estimate of drug-likeness (QED) is 0.852. The van der Waals surface area contributed by atoms with E-state index in [1.807, 2.05) is 20.8 Å². The van der Waals surface area contributed by atoms with Gasteiger partial charge in [-0.1, -0.05) is 19.1 Å². The van der Waals surface area contributed by atoms with Crippen LogP contribution in [0.2, 0.25) is 0 Å². The van der Waals surface area contributed by atoms with E-state index in [2.05, 4.69) is 4.98 Å². The highest BCUT2D eigenvalue weighted by Crippen LogP contribution is 2.23. The topological polar surface area (TPSA) is 73.7 Å². The molecule has 0 bridgehead atoms. The molecule has 2 rings (SSSR count). The molecule has 2 aromatic rings. The standard InChI is InChI=1S/C17H22N2O3S/c1-4-14-16(23-11(3)18-14)17(22)19(5-2)10-15(21)12-7-6-8-13(20)9-12/h6-9,15,20-21H,4-5,10H2,1-3H3/t15-/m1/s1. The van der Waals surface area contributed by atoms with Gasteiger partial charge in [-0.15, -0.1) is 11.3 Å². The zero-order valence-corrected chi connectivity index (χ0v) is 14.4. The summed E-state index contributed by atoms with van der Waals surface area (Å²) in [4.78, 5) is 19.4. The van der Waals surface area contributed by atoms with Crippen LogP contribution in [0.3, 0.4) is 0 Å². The van der Waals surface area contributed by atoms with Gasteiger partial charge in [0.2, 0.25) is 0 Å². The fourth-order valence-electron chi connectivity index (χ4n) is 2.42. The van der Waals surface area contributed by atoms with Crippen LogP contribution in [0.5, 0.6) is 5.75 Å². The maximum Gasteiger partial charge on any atom is 0.265 e. The van der Waals surface area contributed by atoms with Crippen molar-refractivity contribution in [1.82, 2.24) is 9.88 Å². The zero-order valence-electron chi connectivity index (χ0n) is 13.6. The summed E-state index contributed by atoms with van der Waals surface area (Å²) < 4.78 is 0. The SMILES string of the molecule is CCc1nc(C)sc1C(=O)N(CC)C[C@@H](O)c1cccc(O)c1. The Morgan fingerprint density at radius 2 is 2.13 bits per heavy atom. The number of aromatic nitrogens is 1. The van der Waals surface area contributed by atoms with E-state index in [1.165, 1.54) is 17.4 Å². The lowest BCUT2D eigenvalue weighted by molar-refractivity contribution is 0.0638. The number of carbonyl (C=O) groups excluding carboxylic acids is 1. The summed E-state index contributed by atoms with van der Waals surface area (Å²) in [5.41, 5.74) is 1.40. The van der Waals surface area contributed by atoms with Gasteiger partial charge in [-0.05, 0) is 38.0 Å². The first-order valence-electron chi connectivity index (χ1n) is 7.68. The molecular formula is C17H22N2O3S. The Balaban J connectivity index is 2.17. The largest absolute Gasteiger partial charge is 0.508 e. The predicted octanol–water partition coefficient (Wildman–Crippen LogP) is 2.92. The average molecular weight is 334 g/mol. The normalized spacial score (nSPS) is 12.2. The molecule has 1 aromatic carbocycles. The number of aliphatic hydroxyl groups is 1.